The van der Waals surface area contributed by atoms with Crippen LogP contribution in [0, 0.1) is 11.6 Å². The lowest BCUT2D eigenvalue weighted by atomic mass is 10.3. The van der Waals surface area contributed by atoms with Crippen molar-refractivity contribution in [3.8, 4) is 5.75 Å². The van der Waals surface area contributed by atoms with Gasteiger partial charge in [-0.25, -0.2) is 8.78 Å². The maximum atomic E-state index is 13.2. The summed E-state index contributed by atoms with van der Waals surface area (Å²) in [6.45, 7) is 0.277. The first kappa shape index (κ1) is 11.5. The SMILES string of the molecule is Fc1ccc(OCc2ccc(Br)s2)c(F)c1. The Hall–Kier alpha value is -0.940. The number of rotatable bonds is 3. The first-order valence-electron chi connectivity index (χ1n) is 4.47. The molecule has 0 aliphatic rings. The normalized spacial score (nSPS) is 10.4. The second-order valence-electron chi connectivity index (χ2n) is 3.07. The molecule has 0 spiro atoms. The Morgan fingerprint density at radius 1 is 1.19 bits per heavy atom. The summed E-state index contributed by atoms with van der Waals surface area (Å²) < 4.78 is 32.0. The van der Waals surface area contributed by atoms with Crippen LogP contribution in [0.5, 0.6) is 5.75 Å². The zero-order valence-corrected chi connectivity index (χ0v) is 10.4. The van der Waals surface area contributed by atoms with Crippen molar-refractivity contribution in [2.24, 2.45) is 0 Å². The van der Waals surface area contributed by atoms with Crippen molar-refractivity contribution in [2.45, 2.75) is 6.61 Å². The summed E-state index contributed by atoms with van der Waals surface area (Å²) in [7, 11) is 0. The molecule has 0 saturated carbocycles. The van der Waals surface area contributed by atoms with Crippen LogP contribution in [0.2, 0.25) is 0 Å². The fraction of sp³-hybridized carbons (Fsp3) is 0.0909. The Balaban J connectivity index is 2.04. The molecule has 2 aromatic rings. The molecule has 0 fully saturated rings. The lowest BCUT2D eigenvalue weighted by molar-refractivity contribution is 0.292. The van der Waals surface area contributed by atoms with Gasteiger partial charge in [0.05, 0.1) is 3.79 Å². The molecule has 0 radical (unpaired) electrons. The summed E-state index contributed by atoms with van der Waals surface area (Å²) in [5, 5.41) is 0. The molecular weight excluding hydrogens is 298 g/mol. The summed E-state index contributed by atoms with van der Waals surface area (Å²) in [4.78, 5) is 0.968. The Labute approximate surface area is 104 Å². The quantitative estimate of drug-likeness (QED) is 0.818. The average molecular weight is 305 g/mol. The minimum absolute atomic E-state index is 0.0610. The van der Waals surface area contributed by atoms with Crippen molar-refractivity contribution < 1.29 is 13.5 Å². The predicted molar refractivity (Wildman–Crippen MR) is 62.7 cm³/mol. The summed E-state index contributed by atoms with van der Waals surface area (Å²) in [6.07, 6.45) is 0. The fourth-order valence-corrected chi connectivity index (χ4v) is 2.57. The number of ether oxygens (including phenoxy) is 1. The molecule has 5 heteroatoms. The lowest BCUT2D eigenvalue weighted by Gasteiger charge is -2.05. The highest BCUT2D eigenvalue weighted by atomic mass is 79.9. The molecule has 0 atom stereocenters. The van der Waals surface area contributed by atoms with Gasteiger partial charge < -0.3 is 4.74 Å². The molecule has 16 heavy (non-hydrogen) atoms. The molecule has 2 rings (SSSR count). The average Bonchev–Trinajstić information content (AvgIpc) is 2.63. The highest BCUT2D eigenvalue weighted by molar-refractivity contribution is 9.11. The highest BCUT2D eigenvalue weighted by Gasteiger charge is 2.05. The van der Waals surface area contributed by atoms with Gasteiger partial charge >= 0.3 is 0 Å². The number of hydrogen-bond acceptors (Lipinski definition) is 2. The summed E-state index contributed by atoms with van der Waals surface area (Å²) in [5.41, 5.74) is 0. The van der Waals surface area contributed by atoms with E-state index in [1.54, 1.807) is 0 Å². The second kappa shape index (κ2) is 4.93. The van der Waals surface area contributed by atoms with Crippen molar-refractivity contribution in [2.75, 3.05) is 0 Å². The van der Waals surface area contributed by atoms with Crippen LogP contribution >= 0.6 is 27.3 Å². The van der Waals surface area contributed by atoms with Gasteiger partial charge in [0.2, 0.25) is 0 Å². The molecule has 1 nitrogen and oxygen atoms in total. The van der Waals surface area contributed by atoms with Gasteiger partial charge in [0.15, 0.2) is 11.6 Å². The number of benzene rings is 1. The zero-order chi connectivity index (χ0) is 11.5. The molecule has 1 heterocycles. The molecule has 0 aliphatic carbocycles. The number of halogens is 3. The van der Waals surface area contributed by atoms with E-state index in [4.69, 9.17) is 4.74 Å². The monoisotopic (exact) mass is 304 g/mol. The van der Waals surface area contributed by atoms with Crippen LogP contribution in [0.3, 0.4) is 0 Å². The maximum absolute atomic E-state index is 13.2. The van der Waals surface area contributed by atoms with Crippen molar-refractivity contribution in [3.05, 3.63) is 50.6 Å². The van der Waals surface area contributed by atoms with E-state index in [0.29, 0.717) is 0 Å². The van der Waals surface area contributed by atoms with E-state index < -0.39 is 11.6 Å². The fourth-order valence-electron chi connectivity index (χ4n) is 1.17. The lowest BCUT2D eigenvalue weighted by Crippen LogP contribution is -1.95. The minimum atomic E-state index is -0.685. The van der Waals surface area contributed by atoms with Crippen LogP contribution in [-0.2, 0) is 6.61 Å². The Morgan fingerprint density at radius 3 is 2.62 bits per heavy atom. The van der Waals surface area contributed by atoms with Crippen molar-refractivity contribution in [3.63, 3.8) is 0 Å². The van der Waals surface area contributed by atoms with E-state index in [0.717, 1.165) is 14.7 Å². The van der Waals surface area contributed by atoms with E-state index in [1.165, 1.54) is 23.5 Å². The van der Waals surface area contributed by atoms with E-state index in [-0.39, 0.29) is 12.4 Å². The molecule has 0 unspecified atom stereocenters. The van der Waals surface area contributed by atoms with Crippen LogP contribution in [0.25, 0.3) is 0 Å². The molecule has 0 bridgehead atoms. The van der Waals surface area contributed by atoms with Gasteiger partial charge in [-0.15, -0.1) is 11.3 Å². The molecule has 0 amide bonds. The third kappa shape index (κ3) is 2.80. The molecule has 0 N–H and O–H groups in total. The van der Waals surface area contributed by atoms with E-state index in [2.05, 4.69) is 15.9 Å². The van der Waals surface area contributed by atoms with Crippen LogP contribution in [0.1, 0.15) is 4.88 Å². The standard InChI is InChI=1S/C11H7BrF2OS/c12-11-4-2-8(16-11)6-15-10-3-1-7(13)5-9(10)14/h1-5H,6H2. The topological polar surface area (TPSA) is 9.23 Å². The third-order valence-corrected chi connectivity index (χ3v) is 3.49. The van der Waals surface area contributed by atoms with Crippen molar-refractivity contribution in [1.29, 1.82) is 0 Å². The largest absolute Gasteiger partial charge is 0.485 e. The first-order chi connectivity index (χ1) is 7.65. The number of hydrogen-bond donors (Lipinski definition) is 0. The number of thiophene rings is 1. The second-order valence-corrected chi connectivity index (χ2v) is 5.62. The molecular formula is C11H7BrF2OS. The summed E-state index contributed by atoms with van der Waals surface area (Å²) >= 11 is 4.83. The summed E-state index contributed by atoms with van der Waals surface area (Å²) in [6, 6.07) is 7.04. The van der Waals surface area contributed by atoms with Crippen LogP contribution in [0.15, 0.2) is 34.1 Å². The smallest absolute Gasteiger partial charge is 0.167 e. The molecule has 84 valence electrons. The van der Waals surface area contributed by atoms with Crippen molar-refractivity contribution in [1.82, 2.24) is 0 Å². The van der Waals surface area contributed by atoms with Gasteiger partial charge in [0, 0.05) is 10.9 Å². The van der Waals surface area contributed by atoms with Crippen LogP contribution in [-0.4, -0.2) is 0 Å². The van der Waals surface area contributed by atoms with Gasteiger partial charge in [0.1, 0.15) is 12.4 Å². The zero-order valence-electron chi connectivity index (χ0n) is 8.04. The third-order valence-electron chi connectivity index (χ3n) is 1.89. The van der Waals surface area contributed by atoms with Gasteiger partial charge in [-0.3, -0.25) is 0 Å². The first-order valence-corrected chi connectivity index (χ1v) is 6.08. The van der Waals surface area contributed by atoms with E-state index >= 15 is 0 Å². The van der Waals surface area contributed by atoms with Crippen LogP contribution < -0.4 is 4.74 Å². The maximum Gasteiger partial charge on any atom is 0.167 e. The Kier molecular flexibility index (Phi) is 3.56. The predicted octanol–water partition coefficient (Wildman–Crippen LogP) is 4.37. The summed E-state index contributed by atoms with van der Waals surface area (Å²) in [5.74, 6) is -1.23. The Morgan fingerprint density at radius 2 is 2.00 bits per heavy atom. The van der Waals surface area contributed by atoms with Gasteiger partial charge in [-0.05, 0) is 40.2 Å². The highest BCUT2D eigenvalue weighted by Crippen LogP contribution is 2.24. The van der Waals surface area contributed by atoms with Gasteiger partial charge in [-0.2, -0.15) is 0 Å². The van der Waals surface area contributed by atoms with Gasteiger partial charge in [-0.1, -0.05) is 0 Å². The van der Waals surface area contributed by atoms with Crippen molar-refractivity contribution >= 4 is 27.3 Å². The van der Waals surface area contributed by atoms with Gasteiger partial charge in [0.25, 0.3) is 0 Å². The Bertz CT molecular complexity index is 498. The molecule has 0 aliphatic heterocycles. The minimum Gasteiger partial charge on any atom is -0.485 e. The van der Waals surface area contributed by atoms with E-state index in [9.17, 15) is 8.78 Å². The molecule has 1 aromatic heterocycles. The van der Waals surface area contributed by atoms with Crippen LogP contribution in [0.4, 0.5) is 8.78 Å². The molecule has 0 saturated heterocycles. The van der Waals surface area contributed by atoms with E-state index in [1.807, 2.05) is 12.1 Å². The molecule has 1 aromatic carbocycles.